The molecule has 0 unspecified atom stereocenters. The van der Waals surface area contributed by atoms with Crippen LogP contribution in [0.15, 0.2) is 66.7 Å². The lowest BCUT2D eigenvalue weighted by Crippen LogP contribution is -2.41. The van der Waals surface area contributed by atoms with Crippen molar-refractivity contribution >= 4 is 41.0 Å². The number of likely N-dealkylation sites (tertiary alicyclic amines) is 1. The third-order valence-electron chi connectivity index (χ3n) is 7.24. The molecule has 1 aliphatic heterocycles. The van der Waals surface area contributed by atoms with E-state index in [1.807, 2.05) is 24.3 Å². The molecule has 34 heavy (non-hydrogen) atoms. The van der Waals surface area contributed by atoms with Crippen LogP contribution in [0.25, 0.3) is 0 Å². The van der Waals surface area contributed by atoms with Crippen molar-refractivity contribution in [3.8, 4) is 0 Å². The zero-order valence-electron chi connectivity index (χ0n) is 17.9. The fourth-order valence-corrected chi connectivity index (χ4v) is 6.41. The molecule has 4 aliphatic rings. The number of carbonyl (C=O) groups is 3. The second-order valence-corrected chi connectivity index (χ2v) is 9.70. The fraction of sp³-hybridized carbons (Fsp3) is 0.222. The molecule has 0 aromatic heterocycles. The standard InChI is InChI=1S/C27H19Cl2NO4/c28-14-9-10-19(20(29)13-14)27(33)34-12-11-30-25(31)23-21-15-5-1-2-6-16(15)22(24(23)26(30)32)18-8-4-3-7-17(18)21/h1-10,13,21-24H,11-12H2/t21?,22?,23-,24-/m1/s1. The number of carbonyl (C=O) groups excluding carboxylic acids is 3. The molecule has 3 aromatic rings. The molecule has 0 radical (unpaired) electrons. The summed E-state index contributed by atoms with van der Waals surface area (Å²) in [6.45, 7) is -0.0995. The van der Waals surface area contributed by atoms with Crippen molar-refractivity contribution in [2.75, 3.05) is 13.2 Å². The lowest BCUT2D eigenvalue weighted by atomic mass is 9.55. The molecule has 0 N–H and O–H groups in total. The van der Waals surface area contributed by atoms with E-state index in [0.717, 1.165) is 22.3 Å². The highest BCUT2D eigenvalue weighted by atomic mass is 35.5. The van der Waals surface area contributed by atoms with E-state index >= 15 is 0 Å². The van der Waals surface area contributed by atoms with Crippen LogP contribution in [0.4, 0.5) is 0 Å². The van der Waals surface area contributed by atoms with E-state index in [1.165, 1.54) is 17.0 Å². The van der Waals surface area contributed by atoms with E-state index in [4.69, 9.17) is 27.9 Å². The number of ether oxygens (including phenoxy) is 1. The summed E-state index contributed by atoms with van der Waals surface area (Å²) in [6.07, 6.45) is 0. The van der Waals surface area contributed by atoms with Crippen LogP contribution >= 0.6 is 23.2 Å². The van der Waals surface area contributed by atoms with Crippen LogP contribution in [0.1, 0.15) is 44.4 Å². The van der Waals surface area contributed by atoms with Crippen LogP contribution in [-0.4, -0.2) is 35.8 Å². The monoisotopic (exact) mass is 491 g/mol. The van der Waals surface area contributed by atoms with Crippen LogP contribution in [0.3, 0.4) is 0 Å². The third kappa shape index (κ3) is 3.04. The average Bonchev–Trinajstić information content (AvgIpc) is 3.09. The molecule has 7 rings (SSSR count). The molecule has 2 atom stereocenters. The molecule has 1 saturated heterocycles. The van der Waals surface area contributed by atoms with Gasteiger partial charge in [-0.2, -0.15) is 0 Å². The zero-order valence-corrected chi connectivity index (χ0v) is 19.4. The molecular formula is C27H19Cl2NO4. The van der Waals surface area contributed by atoms with Gasteiger partial charge >= 0.3 is 5.97 Å². The van der Waals surface area contributed by atoms with Gasteiger partial charge in [0, 0.05) is 16.9 Å². The Bertz CT molecular complexity index is 1250. The minimum atomic E-state index is -0.627. The topological polar surface area (TPSA) is 63.7 Å². The Morgan fingerprint density at radius 1 is 0.794 bits per heavy atom. The maximum absolute atomic E-state index is 13.5. The van der Waals surface area contributed by atoms with E-state index in [9.17, 15) is 14.4 Å². The van der Waals surface area contributed by atoms with E-state index in [2.05, 4.69) is 24.3 Å². The van der Waals surface area contributed by atoms with Gasteiger partial charge in [-0.05, 0) is 40.5 Å². The molecule has 7 heteroatoms. The summed E-state index contributed by atoms with van der Waals surface area (Å²) < 4.78 is 5.34. The van der Waals surface area contributed by atoms with E-state index in [-0.39, 0.29) is 47.4 Å². The second kappa shape index (κ2) is 7.97. The SMILES string of the molecule is O=C(OCCN1C(=O)[C@@H]2C3c4ccccc4C(c4ccccc43)[C@H]2C1=O)c1ccc(Cl)cc1Cl. The van der Waals surface area contributed by atoms with Gasteiger partial charge in [0.05, 0.1) is 29.0 Å². The highest BCUT2D eigenvalue weighted by molar-refractivity contribution is 6.36. The number of rotatable bonds is 4. The Morgan fingerprint density at radius 2 is 1.29 bits per heavy atom. The lowest BCUT2D eigenvalue weighted by molar-refractivity contribution is -0.140. The molecule has 170 valence electrons. The summed E-state index contributed by atoms with van der Waals surface area (Å²) in [4.78, 5) is 40.8. The summed E-state index contributed by atoms with van der Waals surface area (Å²) in [5.41, 5.74) is 4.68. The van der Waals surface area contributed by atoms with Gasteiger partial charge in [-0.1, -0.05) is 71.7 Å². The van der Waals surface area contributed by atoms with Crippen molar-refractivity contribution in [3.05, 3.63) is 105 Å². The molecule has 0 saturated carbocycles. The van der Waals surface area contributed by atoms with Crippen LogP contribution in [0, 0.1) is 11.8 Å². The third-order valence-corrected chi connectivity index (χ3v) is 7.79. The van der Waals surface area contributed by atoms with Crippen LogP contribution in [-0.2, 0) is 14.3 Å². The second-order valence-electron chi connectivity index (χ2n) is 8.85. The minimum Gasteiger partial charge on any atom is -0.460 e. The Kier molecular flexibility index (Phi) is 5.01. The smallest absolute Gasteiger partial charge is 0.339 e. The number of hydrogen-bond acceptors (Lipinski definition) is 4. The van der Waals surface area contributed by atoms with Crippen molar-refractivity contribution in [3.63, 3.8) is 0 Å². The normalized spacial score (nSPS) is 24.0. The zero-order chi connectivity index (χ0) is 23.6. The molecule has 1 heterocycles. The van der Waals surface area contributed by atoms with Crippen molar-refractivity contribution in [1.82, 2.24) is 4.90 Å². The number of benzene rings is 3. The van der Waals surface area contributed by atoms with Gasteiger partial charge in [0.1, 0.15) is 6.61 Å². The molecule has 5 nitrogen and oxygen atoms in total. The Morgan fingerprint density at radius 3 is 1.76 bits per heavy atom. The van der Waals surface area contributed by atoms with E-state index in [1.54, 1.807) is 6.07 Å². The number of hydrogen-bond donors (Lipinski definition) is 0. The number of esters is 1. The van der Waals surface area contributed by atoms with Crippen molar-refractivity contribution < 1.29 is 19.1 Å². The summed E-state index contributed by atoms with van der Waals surface area (Å²) in [5, 5.41) is 0.595. The van der Waals surface area contributed by atoms with Gasteiger partial charge < -0.3 is 4.74 Å². The van der Waals surface area contributed by atoms with E-state index in [0.29, 0.717) is 5.02 Å². The predicted molar refractivity (Wildman–Crippen MR) is 127 cm³/mol. The molecule has 0 spiro atoms. The largest absolute Gasteiger partial charge is 0.460 e. The Hall–Kier alpha value is -3.15. The summed E-state index contributed by atoms with van der Waals surface area (Å²) >= 11 is 12.0. The minimum absolute atomic E-state index is 0.00768. The molecule has 1 fully saturated rings. The van der Waals surface area contributed by atoms with Gasteiger partial charge in [-0.3, -0.25) is 14.5 Å². The lowest BCUT2D eigenvalue weighted by Gasteiger charge is -2.45. The maximum Gasteiger partial charge on any atom is 0.339 e. The number of halogens is 2. The van der Waals surface area contributed by atoms with Crippen molar-refractivity contribution in [2.45, 2.75) is 11.8 Å². The molecule has 3 aliphatic carbocycles. The van der Waals surface area contributed by atoms with E-state index < -0.39 is 17.8 Å². The molecule has 3 aromatic carbocycles. The van der Waals surface area contributed by atoms with Gasteiger partial charge in [0.2, 0.25) is 11.8 Å². The summed E-state index contributed by atoms with van der Waals surface area (Å²) in [7, 11) is 0. The first-order chi connectivity index (χ1) is 16.5. The van der Waals surface area contributed by atoms with Gasteiger partial charge in [0.25, 0.3) is 0 Å². The van der Waals surface area contributed by atoms with Crippen LogP contribution < -0.4 is 0 Å². The maximum atomic E-state index is 13.5. The number of nitrogens with zero attached hydrogens (tertiary/aromatic N) is 1. The summed E-state index contributed by atoms with van der Waals surface area (Å²) in [5.74, 6) is -2.21. The molecular weight excluding hydrogens is 473 g/mol. The van der Waals surface area contributed by atoms with Crippen molar-refractivity contribution in [2.24, 2.45) is 11.8 Å². The van der Waals surface area contributed by atoms with Gasteiger partial charge in [-0.15, -0.1) is 0 Å². The van der Waals surface area contributed by atoms with Crippen LogP contribution in [0.2, 0.25) is 10.0 Å². The van der Waals surface area contributed by atoms with Crippen LogP contribution in [0.5, 0.6) is 0 Å². The fourth-order valence-electron chi connectivity index (χ4n) is 5.92. The first-order valence-electron chi connectivity index (χ1n) is 11.1. The predicted octanol–water partition coefficient (Wildman–Crippen LogP) is 5.04. The highest BCUT2D eigenvalue weighted by Crippen LogP contribution is 2.60. The number of amides is 2. The van der Waals surface area contributed by atoms with Crippen molar-refractivity contribution in [1.29, 1.82) is 0 Å². The van der Waals surface area contributed by atoms with Gasteiger partial charge in [-0.25, -0.2) is 4.79 Å². The average molecular weight is 492 g/mol. The number of imide groups is 1. The molecule has 2 amide bonds. The summed E-state index contributed by atoms with van der Waals surface area (Å²) in [6, 6.07) is 20.7. The Labute approximate surface area is 206 Å². The first-order valence-corrected chi connectivity index (χ1v) is 11.9. The quantitative estimate of drug-likeness (QED) is 0.378. The first kappa shape index (κ1) is 21.4. The van der Waals surface area contributed by atoms with Gasteiger partial charge in [0.15, 0.2) is 0 Å². The molecule has 2 bridgehead atoms. The Balaban J connectivity index is 1.26. The highest BCUT2D eigenvalue weighted by Gasteiger charge is 2.61.